The van der Waals surface area contributed by atoms with Gasteiger partial charge >= 0.3 is 0 Å². The summed E-state index contributed by atoms with van der Waals surface area (Å²) in [6.45, 7) is 8.91. The van der Waals surface area contributed by atoms with Crippen molar-refractivity contribution in [1.29, 1.82) is 0 Å². The molecule has 0 amide bonds. The molecular weight excluding hydrogens is 420 g/mol. The number of nitrogens with two attached hydrogens (primary N) is 1. The topological polar surface area (TPSA) is 62.9 Å². The summed E-state index contributed by atoms with van der Waals surface area (Å²) in [7, 11) is 0. The van der Waals surface area contributed by atoms with E-state index >= 15 is 0 Å². The van der Waals surface area contributed by atoms with E-state index in [-0.39, 0.29) is 0 Å². The van der Waals surface area contributed by atoms with Gasteiger partial charge in [0.1, 0.15) is 5.75 Å². The van der Waals surface area contributed by atoms with Crippen molar-refractivity contribution in [2.24, 2.45) is 22.6 Å². The van der Waals surface area contributed by atoms with Crippen LogP contribution >= 0.6 is 0 Å². The van der Waals surface area contributed by atoms with Crippen molar-refractivity contribution in [2.45, 2.75) is 58.8 Å². The van der Waals surface area contributed by atoms with Crippen molar-refractivity contribution in [3.05, 3.63) is 60.2 Å². The van der Waals surface area contributed by atoms with Gasteiger partial charge in [0.05, 0.1) is 12.3 Å². The highest BCUT2D eigenvalue weighted by molar-refractivity contribution is 5.83. The van der Waals surface area contributed by atoms with Gasteiger partial charge in [-0.05, 0) is 86.7 Å². The molecule has 0 spiro atoms. The average Bonchev–Trinajstić information content (AvgIpc) is 2.85. The molecule has 1 fully saturated rings. The number of ether oxygens (including phenoxy) is 1. The van der Waals surface area contributed by atoms with Crippen LogP contribution in [0.2, 0.25) is 0 Å². The van der Waals surface area contributed by atoms with Crippen molar-refractivity contribution in [3.8, 4) is 5.75 Å². The van der Waals surface area contributed by atoms with Gasteiger partial charge < -0.3 is 20.7 Å². The summed E-state index contributed by atoms with van der Waals surface area (Å²) in [6.07, 6.45) is 8.08. The first-order valence-electron chi connectivity index (χ1n) is 13.2. The average molecular weight is 465 g/mol. The number of hydrogen-bond donors (Lipinski definition) is 2. The van der Waals surface area contributed by atoms with E-state index in [9.17, 15) is 0 Å². The van der Waals surface area contributed by atoms with Gasteiger partial charge in [-0.2, -0.15) is 0 Å². The maximum atomic E-state index is 5.92. The number of rotatable bonds is 12. The number of likely N-dealkylation sites (tertiary alicyclic amines) is 1. The summed E-state index contributed by atoms with van der Waals surface area (Å²) in [4.78, 5) is 7.37. The monoisotopic (exact) mass is 464 g/mol. The second-order valence-electron chi connectivity index (χ2n) is 9.86. The molecule has 0 atom stereocenters. The second-order valence-corrected chi connectivity index (χ2v) is 9.86. The van der Waals surface area contributed by atoms with Crippen LogP contribution in [0.5, 0.6) is 5.75 Å². The normalized spacial score (nSPS) is 15.1. The number of hydrogen-bond acceptors (Lipinski definition) is 3. The Labute approximate surface area is 206 Å². The third-order valence-electron chi connectivity index (χ3n) is 6.46. The fourth-order valence-corrected chi connectivity index (χ4v) is 4.40. The highest BCUT2D eigenvalue weighted by Crippen LogP contribution is 2.23. The summed E-state index contributed by atoms with van der Waals surface area (Å²) >= 11 is 0. The molecule has 0 saturated carbocycles. The molecule has 3 rings (SSSR count). The predicted octanol–water partition coefficient (Wildman–Crippen LogP) is 5.77. The molecule has 1 aliphatic rings. The first-order valence-corrected chi connectivity index (χ1v) is 13.2. The van der Waals surface area contributed by atoms with E-state index < -0.39 is 0 Å². The number of guanidine groups is 1. The van der Waals surface area contributed by atoms with Crippen LogP contribution in [0.3, 0.4) is 0 Å². The molecule has 2 aromatic carbocycles. The first kappa shape index (κ1) is 26.1. The largest absolute Gasteiger partial charge is 0.494 e. The lowest BCUT2D eigenvalue weighted by Gasteiger charge is -2.34. The SMILES string of the molecule is CC(C)CCCCOc1ccc(/N=C(\NCCCN)N2CCC(Cc3ccccc3)CC2)cc1. The Morgan fingerprint density at radius 3 is 2.44 bits per heavy atom. The Balaban J connectivity index is 1.53. The maximum absolute atomic E-state index is 5.92. The number of benzene rings is 2. The highest BCUT2D eigenvalue weighted by atomic mass is 16.5. The minimum Gasteiger partial charge on any atom is -0.494 e. The van der Waals surface area contributed by atoms with Crippen LogP contribution < -0.4 is 15.8 Å². The number of aliphatic imine (C=N–C) groups is 1. The molecule has 34 heavy (non-hydrogen) atoms. The summed E-state index contributed by atoms with van der Waals surface area (Å²) in [5, 5.41) is 3.54. The second kappa shape index (κ2) is 14.7. The van der Waals surface area contributed by atoms with Crippen LogP contribution in [0.15, 0.2) is 59.6 Å². The molecular formula is C29H44N4O. The van der Waals surface area contributed by atoms with Gasteiger partial charge in [-0.3, -0.25) is 0 Å². The zero-order valence-electron chi connectivity index (χ0n) is 21.2. The zero-order valence-corrected chi connectivity index (χ0v) is 21.2. The van der Waals surface area contributed by atoms with Gasteiger partial charge in [0.15, 0.2) is 5.96 Å². The van der Waals surface area contributed by atoms with E-state index in [1.807, 2.05) is 12.1 Å². The van der Waals surface area contributed by atoms with E-state index in [4.69, 9.17) is 15.5 Å². The van der Waals surface area contributed by atoms with Gasteiger partial charge in [-0.15, -0.1) is 0 Å². The van der Waals surface area contributed by atoms with Crippen molar-refractivity contribution in [3.63, 3.8) is 0 Å². The van der Waals surface area contributed by atoms with Crippen LogP contribution in [-0.2, 0) is 6.42 Å². The number of nitrogens with one attached hydrogen (secondary N) is 1. The molecule has 0 aromatic heterocycles. The minimum atomic E-state index is 0.683. The summed E-state index contributed by atoms with van der Waals surface area (Å²) in [5.74, 6) is 3.39. The molecule has 2 aromatic rings. The number of piperidine rings is 1. The van der Waals surface area contributed by atoms with Gasteiger partial charge in [0.25, 0.3) is 0 Å². The smallest absolute Gasteiger partial charge is 0.199 e. The number of unbranched alkanes of at least 4 members (excludes halogenated alkanes) is 1. The van der Waals surface area contributed by atoms with Crippen molar-refractivity contribution < 1.29 is 4.74 Å². The van der Waals surface area contributed by atoms with Crippen molar-refractivity contribution >= 4 is 11.6 Å². The standard InChI is InChI=1S/C29H44N4O/c1-24(2)9-6-7-22-34-28-14-12-27(13-15-28)32-29(31-19-8-18-30)33-20-16-26(17-21-33)23-25-10-4-3-5-11-25/h3-5,10-15,24,26H,6-9,16-23,30H2,1-2H3,(H,31,32). The van der Waals surface area contributed by atoms with Crippen LogP contribution in [-0.4, -0.2) is 43.6 Å². The Bertz CT molecular complexity index is 827. The molecule has 1 saturated heterocycles. The van der Waals surface area contributed by atoms with Crippen molar-refractivity contribution in [2.75, 3.05) is 32.8 Å². The third kappa shape index (κ3) is 9.38. The maximum Gasteiger partial charge on any atom is 0.199 e. The lowest BCUT2D eigenvalue weighted by atomic mass is 9.90. The molecule has 0 aliphatic carbocycles. The van der Waals surface area contributed by atoms with E-state index in [2.05, 4.69) is 66.5 Å². The molecule has 0 unspecified atom stereocenters. The Kier molecular flexibility index (Phi) is 11.3. The lowest BCUT2D eigenvalue weighted by Crippen LogP contribution is -2.46. The van der Waals surface area contributed by atoms with Crippen LogP contribution in [0.1, 0.15) is 57.9 Å². The van der Waals surface area contributed by atoms with Gasteiger partial charge in [-0.1, -0.05) is 50.6 Å². The molecule has 0 radical (unpaired) electrons. The minimum absolute atomic E-state index is 0.683. The molecule has 186 valence electrons. The fraction of sp³-hybridized carbons (Fsp3) is 0.552. The molecule has 3 N–H and O–H groups in total. The van der Waals surface area contributed by atoms with E-state index in [0.29, 0.717) is 6.54 Å². The molecule has 5 heteroatoms. The van der Waals surface area contributed by atoms with Crippen LogP contribution in [0.25, 0.3) is 0 Å². The Morgan fingerprint density at radius 2 is 1.76 bits per heavy atom. The Morgan fingerprint density at radius 1 is 1.03 bits per heavy atom. The van der Waals surface area contributed by atoms with Crippen molar-refractivity contribution in [1.82, 2.24) is 10.2 Å². The fourth-order valence-electron chi connectivity index (χ4n) is 4.40. The summed E-state index contributed by atoms with van der Waals surface area (Å²) < 4.78 is 5.92. The van der Waals surface area contributed by atoms with E-state index in [1.54, 1.807) is 0 Å². The lowest BCUT2D eigenvalue weighted by molar-refractivity contribution is 0.259. The van der Waals surface area contributed by atoms with Crippen LogP contribution in [0.4, 0.5) is 5.69 Å². The Hall–Kier alpha value is -2.53. The summed E-state index contributed by atoms with van der Waals surface area (Å²) in [5.41, 5.74) is 8.12. The van der Waals surface area contributed by atoms with Gasteiger partial charge in [-0.25, -0.2) is 4.99 Å². The predicted molar refractivity (Wildman–Crippen MR) is 144 cm³/mol. The van der Waals surface area contributed by atoms with Crippen LogP contribution in [0, 0.1) is 11.8 Å². The van der Waals surface area contributed by atoms with E-state index in [0.717, 1.165) is 68.3 Å². The van der Waals surface area contributed by atoms with E-state index in [1.165, 1.54) is 37.7 Å². The molecule has 1 aliphatic heterocycles. The zero-order chi connectivity index (χ0) is 24.0. The highest BCUT2D eigenvalue weighted by Gasteiger charge is 2.22. The van der Waals surface area contributed by atoms with Gasteiger partial charge in [0, 0.05) is 19.6 Å². The van der Waals surface area contributed by atoms with Gasteiger partial charge in [0.2, 0.25) is 0 Å². The molecule has 5 nitrogen and oxygen atoms in total. The summed E-state index contributed by atoms with van der Waals surface area (Å²) in [6, 6.07) is 19.0. The first-order chi connectivity index (χ1) is 16.6. The number of nitrogens with zero attached hydrogens (tertiary/aromatic N) is 2. The quantitative estimate of drug-likeness (QED) is 0.238. The molecule has 1 heterocycles. The third-order valence-corrected chi connectivity index (χ3v) is 6.46. The molecule has 0 bridgehead atoms.